The van der Waals surface area contributed by atoms with Crippen LogP contribution in [0.4, 0.5) is 0 Å². The summed E-state index contributed by atoms with van der Waals surface area (Å²) in [6, 6.07) is 3.99. The lowest BCUT2D eigenvalue weighted by atomic mass is 10.2. The molecular weight excluding hydrogens is 346 g/mol. The van der Waals surface area contributed by atoms with E-state index in [-0.39, 0.29) is 10.5 Å². The molecule has 1 N–H and O–H groups in total. The van der Waals surface area contributed by atoms with Crippen LogP contribution in [0.25, 0.3) is 0 Å². The summed E-state index contributed by atoms with van der Waals surface area (Å²) in [6.45, 7) is 0.705. The molecule has 0 aliphatic rings. The van der Waals surface area contributed by atoms with E-state index in [0.717, 1.165) is 0 Å². The van der Waals surface area contributed by atoms with Crippen molar-refractivity contribution in [2.45, 2.75) is 4.90 Å². The third-order valence-electron chi connectivity index (χ3n) is 2.06. The molecule has 0 atom stereocenters. The van der Waals surface area contributed by atoms with Crippen LogP contribution in [-0.4, -0.2) is 34.6 Å². The van der Waals surface area contributed by atoms with E-state index in [0.29, 0.717) is 17.6 Å². The molecule has 0 aliphatic carbocycles. The molecule has 0 spiro atoms. The summed E-state index contributed by atoms with van der Waals surface area (Å²) in [5.41, 5.74) is 0.202. The zero-order chi connectivity index (χ0) is 13.8. The van der Waals surface area contributed by atoms with Gasteiger partial charge in [0.2, 0.25) is 0 Å². The molecule has 0 bridgehead atoms. The number of benzene rings is 1. The third kappa shape index (κ3) is 4.24. The highest BCUT2D eigenvalue weighted by Gasteiger charge is 2.16. The first kappa shape index (κ1) is 15.4. The number of nitrogens with one attached hydrogen (secondary N) is 1. The molecule has 1 aromatic carbocycles. The first-order valence-electron chi connectivity index (χ1n) is 4.87. The summed E-state index contributed by atoms with van der Waals surface area (Å²) < 4.78 is 27.6. The summed E-state index contributed by atoms with van der Waals surface area (Å²) in [4.78, 5) is 11.7. The molecule has 0 saturated carbocycles. The fourth-order valence-electron chi connectivity index (χ4n) is 1.19. The number of hydrogen-bond donors (Lipinski definition) is 1. The largest absolute Gasteiger partial charge is 0.383 e. The predicted molar refractivity (Wildman–Crippen MR) is 71.4 cm³/mol. The quantitative estimate of drug-likeness (QED) is 0.644. The summed E-state index contributed by atoms with van der Waals surface area (Å²) in [6.07, 6.45) is 0. The Balaban J connectivity index is 2.97. The van der Waals surface area contributed by atoms with Crippen molar-refractivity contribution in [3.8, 4) is 0 Å². The van der Waals surface area contributed by atoms with Gasteiger partial charge < -0.3 is 10.1 Å². The van der Waals surface area contributed by atoms with Gasteiger partial charge >= 0.3 is 0 Å². The average Bonchev–Trinajstić information content (AvgIpc) is 2.28. The molecule has 0 radical (unpaired) electrons. The average molecular weight is 357 g/mol. The van der Waals surface area contributed by atoms with Gasteiger partial charge in [-0.15, -0.1) is 0 Å². The molecule has 0 saturated heterocycles. The predicted octanol–water partition coefficient (Wildman–Crippen LogP) is 1.75. The Morgan fingerprint density at radius 2 is 2.17 bits per heavy atom. The van der Waals surface area contributed by atoms with E-state index < -0.39 is 15.0 Å². The lowest BCUT2D eigenvalue weighted by molar-refractivity contribution is 0.0936. The van der Waals surface area contributed by atoms with Gasteiger partial charge in [-0.2, -0.15) is 0 Å². The number of methoxy groups -OCH3 is 1. The zero-order valence-electron chi connectivity index (χ0n) is 9.44. The monoisotopic (exact) mass is 355 g/mol. The first-order valence-corrected chi connectivity index (χ1v) is 7.98. The van der Waals surface area contributed by atoms with Crippen molar-refractivity contribution in [1.82, 2.24) is 5.32 Å². The molecular formula is C10H11BrClNO4S. The van der Waals surface area contributed by atoms with Gasteiger partial charge in [0, 0.05) is 28.8 Å². The SMILES string of the molecule is COCCNC(=O)c1cc(S(=O)(=O)Cl)ccc1Br. The highest BCUT2D eigenvalue weighted by atomic mass is 79.9. The molecule has 0 heterocycles. The van der Waals surface area contributed by atoms with Gasteiger partial charge in [0.05, 0.1) is 17.1 Å². The van der Waals surface area contributed by atoms with Crippen molar-refractivity contribution < 1.29 is 17.9 Å². The van der Waals surface area contributed by atoms with Crippen LogP contribution in [-0.2, 0) is 13.8 Å². The van der Waals surface area contributed by atoms with Crippen LogP contribution in [0, 0.1) is 0 Å². The maximum absolute atomic E-state index is 11.8. The molecule has 0 aliphatic heterocycles. The van der Waals surface area contributed by atoms with E-state index in [1.54, 1.807) is 0 Å². The Hall–Kier alpha value is -0.630. The number of carbonyl (C=O) groups is 1. The van der Waals surface area contributed by atoms with Crippen molar-refractivity contribution in [2.75, 3.05) is 20.3 Å². The fourth-order valence-corrected chi connectivity index (χ4v) is 2.40. The molecule has 100 valence electrons. The van der Waals surface area contributed by atoms with Gasteiger partial charge in [0.25, 0.3) is 15.0 Å². The molecule has 1 aromatic rings. The van der Waals surface area contributed by atoms with Crippen LogP contribution in [0.5, 0.6) is 0 Å². The Morgan fingerprint density at radius 1 is 1.50 bits per heavy atom. The fraction of sp³-hybridized carbons (Fsp3) is 0.300. The number of halogens is 2. The van der Waals surface area contributed by atoms with Crippen LogP contribution in [0.3, 0.4) is 0 Å². The number of amides is 1. The molecule has 0 fully saturated rings. The topological polar surface area (TPSA) is 72.5 Å². The lowest BCUT2D eigenvalue weighted by Gasteiger charge is -2.07. The Kier molecular flexibility index (Phi) is 5.58. The van der Waals surface area contributed by atoms with Gasteiger partial charge in [-0.25, -0.2) is 8.42 Å². The molecule has 0 unspecified atom stereocenters. The highest BCUT2D eigenvalue weighted by Crippen LogP contribution is 2.23. The van der Waals surface area contributed by atoms with Gasteiger partial charge in [-0.3, -0.25) is 4.79 Å². The maximum atomic E-state index is 11.8. The molecule has 18 heavy (non-hydrogen) atoms. The minimum atomic E-state index is -3.85. The number of ether oxygens (including phenoxy) is 1. The van der Waals surface area contributed by atoms with Gasteiger partial charge in [-0.05, 0) is 34.1 Å². The van der Waals surface area contributed by atoms with Gasteiger partial charge in [0.15, 0.2) is 0 Å². The molecule has 1 rings (SSSR count). The van der Waals surface area contributed by atoms with Crippen LogP contribution in [0.2, 0.25) is 0 Å². The second-order valence-corrected chi connectivity index (χ2v) is 6.75. The second kappa shape index (κ2) is 6.51. The molecule has 5 nitrogen and oxygen atoms in total. The summed E-state index contributed by atoms with van der Waals surface area (Å²) >= 11 is 3.18. The van der Waals surface area contributed by atoms with E-state index >= 15 is 0 Å². The minimum Gasteiger partial charge on any atom is -0.383 e. The van der Waals surface area contributed by atoms with Crippen molar-refractivity contribution in [3.05, 3.63) is 28.2 Å². The van der Waals surface area contributed by atoms with E-state index in [1.807, 2.05) is 0 Å². The highest BCUT2D eigenvalue weighted by molar-refractivity contribution is 9.10. The van der Waals surface area contributed by atoms with Crippen molar-refractivity contribution >= 4 is 41.6 Å². The van der Waals surface area contributed by atoms with E-state index in [4.69, 9.17) is 15.4 Å². The third-order valence-corrected chi connectivity index (χ3v) is 4.10. The standard InChI is InChI=1S/C10H11BrClNO4S/c1-17-5-4-13-10(14)8-6-7(18(12,15)16)2-3-9(8)11/h2-3,6H,4-5H2,1H3,(H,13,14). The van der Waals surface area contributed by atoms with Gasteiger partial charge in [-0.1, -0.05) is 0 Å². The van der Waals surface area contributed by atoms with Crippen molar-refractivity contribution in [1.29, 1.82) is 0 Å². The van der Waals surface area contributed by atoms with Crippen LogP contribution in [0.15, 0.2) is 27.6 Å². The minimum absolute atomic E-state index is 0.121. The number of carbonyl (C=O) groups excluding carboxylic acids is 1. The second-order valence-electron chi connectivity index (χ2n) is 3.33. The molecule has 0 aromatic heterocycles. The molecule has 8 heteroatoms. The first-order chi connectivity index (χ1) is 8.36. The van der Waals surface area contributed by atoms with E-state index in [2.05, 4.69) is 21.2 Å². The van der Waals surface area contributed by atoms with Crippen LogP contribution >= 0.6 is 26.6 Å². The maximum Gasteiger partial charge on any atom is 0.261 e. The Morgan fingerprint density at radius 3 is 2.72 bits per heavy atom. The summed E-state index contributed by atoms with van der Waals surface area (Å²) in [5, 5.41) is 2.59. The normalized spacial score (nSPS) is 11.3. The lowest BCUT2D eigenvalue weighted by Crippen LogP contribution is -2.27. The number of rotatable bonds is 5. The van der Waals surface area contributed by atoms with Crippen molar-refractivity contribution in [2.24, 2.45) is 0 Å². The summed E-state index contributed by atoms with van der Waals surface area (Å²) in [5.74, 6) is -0.402. The Labute approximate surface area is 118 Å². The van der Waals surface area contributed by atoms with Crippen LogP contribution in [0.1, 0.15) is 10.4 Å². The number of hydrogen-bond acceptors (Lipinski definition) is 4. The summed E-state index contributed by atoms with van der Waals surface area (Å²) in [7, 11) is 2.88. The smallest absolute Gasteiger partial charge is 0.261 e. The zero-order valence-corrected chi connectivity index (χ0v) is 12.6. The van der Waals surface area contributed by atoms with E-state index in [1.165, 1.54) is 25.3 Å². The Bertz CT molecular complexity index is 547. The van der Waals surface area contributed by atoms with Gasteiger partial charge in [0.1, 0.15) is 0 Å². The van der Waals surface area contributed by atoms with E-state index in [9.17, 15) is 13.2 Å². The van der Waals surface area contributed by atoms with Crippen LogP contribution < -0.4 is 5.32 Å². The van der Waals surface area contributed by atoms with Crippen molar-refractivity contribution in [3.63, 3.8) is 0 Å². The molecule has 1 amide bonds.